The lowest BCUT2D eigenvalue weighted by Crippen LogP contribution is -2.51. The number of halogens is 1. The molecule has 1 saturated heterocycles. The van der Waals surface area contributed by atoms with E-state index in [1.165, 1.54) is 13.3 Å². The molecule has 0 aliphatic carbocycles. The minimum atomic E-state index is -0.697. The van der Waals surface area contributed by atoms with Crippen LogP contribution < -0.4 is 10.7 Å². The average Bonchev–Trinajstić information content (AvgIpc) is 2.18. The Morgan fingerprint density at radius 3 is 2.40 bits per heavy atom. The summed E-state index contributed by atoms with van der Waals surface area (Å²) in [6.45, 7) is 3.18. The summed E-state index contributed by atoms with van der Waals surface area (Å²) < 4.78 is 0. The molecule has 5 nitrogen and oxygen atoms in total. The molecule has 0 aromatic rings. The normalized spacial score (nSPS) is 19.3. The van der Waals surface area contributed by atoms with Gasteiger partial charge in [-0.3, -0.25) is 15.5 Å². The Morgan fingerprint density at radius 1 is 1.27 bits per heavy atom. The van der Waals surface area contributed by atoms with E-state index in [-0.39, 0.29) is 0 Å². The molecule has 15 heavy (non-hydrogen) atoms. The Morgan fingerprint density at radius 2 is 1.87 bits per heavy atom. The molecule has 86 valence electrons. The fourth-order valence-electron chi connectivity index (χ4n) is 1.39. The molecule has 0 aromatic heterocycles. The van der Waals surface area contributed by atoms with Crippen LogP contribution in [0.15, 0.2) is 0 Å². The van der Waals surface area contributed by atoms with E-state index in [0.29, 0.717) is 0 Å². The summed E-state index contributed by atoms with van der Waals surface area (Å²) in [5.74, 6) is -0.480. The highest BCUT2D eigenvalue weighted by molar-refractivity contribution is 6.31. The number of nitrogens with zero attached hydrogens (tertiary/aromatic N) is 1. The van der Waals surface area contributed by atoms with Gasteiger partial charge in [-0.05, 0) is 19.8 Å². The number of urea groups is 1. The maximum Gasteiger partial charge on any atom is 0.335 e. The van der Waals surface area contributed by atoms with Gasteiger partial charge in [0.05, 0.1) is 0 Å². The lowest BCUT2D eigenvalue weighted by molar-refractivity contribution is -0.119. The maximum absolute atomic E-state index is 11.3. The molecule has 6 heteroatoms. The van der Waals surface area contributed by atoms with E-state index in [1.807, 2.05) is 5.01 Å². The van der Waals surface area contributed by atoms with Crippen molar-refractivity contribution in [3.8, 4) is 0 Å². The van der Waals surface area contributed by atoms with Crippen LogP contribution in [0.3, 0.4) is 0 Å². The molecular weight excluding hydrogens is 218 g/mol. The molecule has 2 N–H and O–H groups in total. The average molecular weight is 234 g/mol. The van der Waals surface area contributed by atoms with Crippen LogP contribution in [-0.4, -0.2) is 35.4 Å². The van der Waals surface area contributed by atoms with Crippen LogP contribution in [-0.2, 0) is 4.79 Å². The molecule has 3 amide bonds. The van der Waals surface area contributed by atoms with E-state index in [0.717, 1.165) is 25.9 Å². The molecule has 1 rings (SSSR count). The molecule has 0 saturated carbocycles. The zero-order valence-corrected chi connectivity index (χ0v) is 9.51. The number of amides is 3. The predicted octanol–water partition coefficient (Wildman–Crippen LogP) is 0.840. The maximum atomic E-state index is 11.3. The Kier molecular flexibility index (Phi) is 4.84. The van der Waals surface area contributed by atoms with E-state index in [1.54, 1.807) is 0 Å². The minimum Gasteiger partial charge on any atom is -0.276 e. The summed E-state index contributed by atoms with van der Waals surface area (Å²) in [6.07, 6.45) is 3.33. The van der Waals surface area contributed by atoms with Gasteiger partial charge in [0.1, 0.15) is 5.38 Å². The Bertz CT molecular complexity index is 240. The second-order valence-corrected chi connectivity index (χ2v) is 4.25. The quantitative estimate of drug-likeness (QED) is 0.695. The number of piperidine rings is 1. The fraction of sp³-hybridized carbons (Fsp3) is 0.778. The van der Waals surface area contributed by atoms with E-state index < -0.39 is 17.3 Å². The van der Waals surface area contributed by atoms with Gasteiger partial charge in [-0.15, -0.1) is 11.6 Å². The molecule has 1 fully saturated rings. The number of carbonyl (C=O) groups is 2. The number of rotatable bonds is 2. The zero-order chi connectivity index (χ0) is 11.3. The number of hydrazine groups is 1. The summed E-state index contributed by atoms with van der Waals surface area (Å²) in [6, 6.07) is -0.505. The van der Waals surface area contributed by atoms with Gasteiger partial charge in [0.2, 0.25) is 5.91 Å². The van der Waals surface area contributed by atoms with E-state index >= 15 is 0 Å². The molecule has 0 aromatic carbocycles. The highest BCUT2D eigenvalue weighted by Crippen LogP contribution is 2.05. The van der Waals surface area contributed by atoms with Crippen molar-refractivity contribution in [2.24, 2.45) is 0 Å². The smallest absolute Gasteiger partial charge is 0.276 e. The Hall–Kier alpha value is -0.810. The molecule has 0 bridgehead atoms. The van der Waals surface area contributed by atoms with Crippen LogP contribution in [0.2, 0.25) is 0 Å². The Labute approximate surface area is 94.1 Å². The number of nitrogens with one attached hydrogen (secondary N) is 2. The summed E-state index contributed by atoms with van der Waals surface area (Å²) in [5, 5.41) is 3.28. The summed E-state index contributed by atoms with van der Waals surface area (Å²) in [5.41, 5.74) is 2.61. The second-order valence-electron chi connectivity index (χ2n) is 3.59. The van der Waals surface area contributed by atoms with Gasteiger partial charge in [0.15, 0.2) is 0 Å². The lowest BCUT2D eigenvalue weighted by Gasteiger charge is -2.26. The third kappa shape index (κ3) is 4.48. The molecule has 1 aliphatic heterocycles. The number of hydrogen-bond acceptors (Lipinski definition) is 3. The number of carbonyl (C=O) groups excluding carboxylic acids is 2. The topological polar surface area (TPSA) is 61.4 Å². The first-order valence-corrected chi connectivity index (χ1v) is 5.53. The first-order chi connectivity index (χ1) is 7.09. The predicted molar refractivity (Wildman–Crippen MR) is 57.4 cm³/mol. The number of alkyl halides is 1. The van der Waals surface area contributed by atoms with Crippen LogP contribution in [0.25, 0.3) is 0 Å². The molecule has 1 aliphatic rings. The van der Waals surface area contributed by atoms with Crippen molar-refractivity contribution < 1.29 is 9.59 Å². The monoisotopic (exact) mass is 233 g/mol. The van der Waals surface area contributed by atoms with Crippen LogP contribution in [0.4, 0.5) is 4.79 Å². The van der Waals surface area contributed by atoms with Crippen molar-refractivity contribution in [1.82, 2.24) is 15.8 Å². The third-order valence-corrected chi connectivity index (χ3v) is 2.41. The summed E-state index contributed by atoms with van der Waals surface area (Å²) >= 11 is 5.51. The zero-order valence-electron chi connectivity index (χ0n) is 8.75. The standard InChI is InChI=1S/C9H16ClN3O2/c1-7(10)8(14)11-9(15)12-13-5-3-2-4-6-13/h7H,2-6H2,1H3,(H2,11,12,14,15). The van der Waals surface area contributed by atoms with Gasteiger partial charge in [0, 0.05) is 13.1 Å². The van der Waals surface area contributed by atoms with Crippen molar-refractivity contribution in [3.63, 3.8) is 0 Å². The van der Waals surface area contributed by atoms with E-state index in [2.05, 4.69) is 10.7 Å². The molecule has 0 spiro atoms. The highest BCUT2D eigenvalue weighted by Gasteiger charge is 2.16. The second kappa shape index (κ2) is 5.92. The largest absolute Gasteiger partial charge is 0.335 e. The number of imide groups is 1. The minimum absolute atomic E-state index is 0.480. The van der Waals surface area contributed by atoms with Crippen LogP contribution in [0.1, 0.15) is 26.2 Å². The van der Waals surface area contributed by atoms with Crippen molar-refractivity contribution in [2.75, 3.05) is 13.1 Å². The first-order valence-electron chi connectivity index (χ1n) is 5.10. The van der Waals surface area contributed by atoms with Crippen molar-refractivity contribution >= 4 is 23.5 Å². The van der Waals surface area contributed by atoms with Crippen molar-refractivity contribution in [2.45, 2.75) is 31.6 Å². The first kappa shape index (κ1) is 12.3. The van der Waals surface area contributed by atoms with Gasteiger partial charge in [-0.25, -0.2) is 9.80 Å². The van der Waals surface area contributed by atoms with Crippen LogP contribution in [0.5, 0.6) is 0 Å². The third-order valence-electron chi connectivity index (χ3n) is 2.21. The van der Waals surface area contributed by atoms with E-state index in [9.17, 15) is 9.59 Å². The Balaban J connectivity index is 2.25. The number of hydrogen-bond donors (Lipinski definition) is 2. The van der Waals surface area contributed by atoms with Gasteiger partial charge in [0.25, 0.3) is 0 Å². The molecule has 1 atom stereocenters. The van der Waals surface area contributed by atoms with Gasteiger partial charge < -0.3 is 0 Å². The molecule has 1 unspecified atom stereocenters. The summed E-state index contributed by atoms with van der Waals surface area (Å²) in [7, 11) is 0. The van der Waals surface area contributed by atoms with Gasteiger partial charge in [-0.2, -0.15) is 0 Å². The summed E-state index contributed by atoms with van der Waals surface area (Å²) in [4.78, 5) is 22.4. The highest BCUT2D eigenvalue weighted by atomic mass is 35.5. The molecule has 1 heterocycles. The lowest BCUT2D eigenvalue weighted by atomic mass is 10.2. The van der Waals surface area contributed by atoms with Crippen molar-refractivity contribution in [3.05, 3.63) is 0 Å². The van der Waals surface area contributed by atoms with Crippen molar-refractivity contribution in [1.29, 1.82) is 0 Å². The van der Waals surface area contributed by atoms with Crippen LogP contribution in [0, 0.1) is 0 Å². The molecular formula is C9H16ClN3O2. The van der Waals surface area contributed by atoms with Gasteiger partial charge >= 0.3 is 6.03 Å². The van der Waals surface area contributed by atoms with Crippen LogP contribution >= 0.6 is 11.6 Å². The molecule has 0 radical (unpaired) electrons. The van der Waals surface area contributed by atoms with E-state index in [4.69, 9.17) is 11.6 Å². The fourth-order valence-corrected chi connectivity index (χ4v) is 1.44. The van der Waals surface area contributed by atoms with Gasteiger partial charge in [-0.1, -0.05) is 6.42 Å². The SMILES string of the molecule is CC(Cl)C(=O)NC(=O)NN1CCCCC1.